The van der Waals surface area contributed by atoms with E-state index >= 15 is 0 Å². The van der Waals surface area contributed by atoms with Crippen molar-refractivity contribution in [2.24, 2.45) is 0 Å². The van der Waals surface area contributed by atoms with Crippen molar-refractivity contribution >= 4 is 0 Å². The number of piperazine rings is 1. The molecular weight excluding hydrogens is 184 g/mol. The highest BCUT2D eigenvalue weighted by molar-refractivity contribution is 5.30. The number of hydrogen-bond acceptors (Lipinski definition) is 2. The van der Waals surface area contributed by atoms with Crippen LogP contribution in [-0.4, -0.2) is 31.1 Å². The summed E-state index contributed by atoms with van der Waals surface area (Å²) in [6, 6.07) is 6.76. The molecule has 0 bridgehead atoms. The second kappa shape index (κ2) is 4.77. The van der Waals surface area contributed by atoms with Crippen LogP contribution in [0.3, 0.4) is 0 Å². The smallest absolute Gasteiger partial charge is 0.0237 e. The molecule has 2 rings (SSSR count). The molecule has 0 amide bonds. The second-order valence-electron chi connectivity index (χ2n) is 4.46. The second-order valence-corrected chi connectivity index (χ2v) is 4.46. The van der Waals surface area contributed by atoms with Crippen LogP contribution >= 0.6 is 0 Å². The minimum absolute atomic E-state index is 1.10. The lowest BCUT2D eigenvalue weighted by Crippen LogP contribution is -2.42. The molecule has 0 aromatic heterocycles. The van der Waals surface area contributed by atoms with Gasteiger partial charge in [-0.05, 0) is 25.0 Å². The number of aryl methyl sites for hydroxylation is 2. The molecular formula is C13H20N2. The molecule has 0 radical (unpaired) electrons. The molecule has 1 fully saturated rings. The van der Waals surface area contributed by atoms with E-state index in [1.807, 2.05) is 0 Å². The van der Waals surface area contributed by atoms with Gasteiger partial charge in [0, 0.05) is 32.7 Å². The third-order valence-electron chi connectivity index (χ3n) is 3.10. The van der Waals surface area contributed by atoms with Crippen molar-refractivity contribution in [3.8, 4) is 0 Å². The van der Waals surface area contributed by atoms with Gasteiger partial charge in [-0.2, -0.15) is 0 Å². The van der Waals surface area contributed by atoms with Crippen LogP contribution in [-0.2, 0) is 6.54 Å². The lowest BCUT2D eigenvalue weighted by Gasteiger charge is -2.27. The van der Waals surface area contributed by atoms with E-state index in [-0.39, 0.29) is 0 Å². The maximum Gasteiger partial charge on any atom is 0.0237 e. The van der Waals surface area contributed by atoms with Gasteiger partial charge >= 0.3 is 0 Å². The van der Waals surface area contributed by atoms with Gasteiger partial charge in [0.15, 0.2) is 0 Å². The van der Waals surface area contributed by atoms with Crippen LogP contribution < -0.4 is 5.32 Å². The van der Waals surface area contributed by atoms with Crippen LogP contribution in [0.5, 0.6) is 0 Å². The fraction of sp³-hybridized carbons (Fsp3) is 0.538. The highest BCUT2D eigenvalue weighted by Gasteiger charge is 2.10. The zero-order valence-corrected chi connectivity index (χ0v) is 9.71. The van der Waals surface area contributed by atoms with Gasteiger partial charge in [0.05, 0.1) is 0 Å². The van der Waals surface area contributed by atoms with E-state index < -0.39 is 0 Å². The molecule has 0 aliphatic carbocycles. The fourth-order valence-corrected chi connectivity index (χ4v) is 2.13. The zero-order chi connectivity index (χ0) is 10.7. The Morgan fingerprint density at radius 2 is 1.93 bits per heavy atom. The van der Waals surface area contributed by atoms with E-state index in [0.717, 1.165) is 19.6 Å². The Labute approximate surface area is 92.3 Å². The first-order valence-electron chi connectivity index (χ1n) is 5.75. The Balaban J connectivity index is 2.03. The van der Waals surface area contributed by atoms with Gasteiger partial charge in [-0.1, -0.05) is 23.8 Å². The lowest BCUT2D eigenvalue weighted by molar-refractivity contribution is 0.233. The molecule has 2 heteroatoms. The number of rotatable bonds is 2. The fourth-order valence-electron chi connectivity index (χ4n) is 2.13. The van der Waals surface area contributed by atoms with Crippen molar-refractivity contribution < 1.29 is 0 Å². The SMILES string of the molecule is Cc1ccc(CN2CCNCC2)c(C)c1. The van der Waals surface area contributed by atoms with Gasteiger partial charge in [0.2, 0.25) is 0 Å². The predicted molar refractivity (Wildman–Crippen MR) is 64.1 cm³/mol. The summed E-state index contributed by atoms with van der Waals surface area (Å²) < 4.78 is 0. The van der Waals surface area contributed by atoms with E-state index in [1.165, 1.54) is 29.8 Å². The standard InChI is InChI=1S/C13H20N2/c1-11-3-4-13(12(2)9-11)10-15-7-5-14-6-8-15/h3-4,9,14H,5-8,10H2,1-2H3. The molecule has 0 atom stereocenters. The summed E-state index contributed by atoms with van der Waals surface area (Å²) in [4.78, 5) is 2.52. The first kappa shape index (κ1) is 10.7. The van der Waals surface area contributed by atoms with E-state index in [9.17, 15) is 0 Å². The Kier molecular flexibility index (Phi) is 3.39. The Morgan fingerprint density at radius 1 is 1.20 bits per heavy atom. The highest BCUT2D eigenvalue weighted by Crippen LogP contribution is 2.13. The molecule has 0 unspecified atom stereocenters. The van der Waals surface area contributed by atoms with Crippen molar-refractivity contribution in [2.45, 2.75) is 20.4 Å². The van der Waals surface area contributed by atoms with Crippen molar-refractivity contribution in [1.29, 1.82) is 0 Å². The summed E-state index contributed by atoms with van der Waals surface area (Å²) in [6.45, 7) is 10.1. The largest absolute Gasteiger partial charge is 0.314 e. The number of nitrogens with one attached hydrogen (secondary N) is 1. The Bertz CT molecular complexity index is 327. The minimum atomic E-state index is 1.10. The monoisotopic (exact) mass is 204 g/mol. The Morgan fingerprint density at radius 3 is 2.60 bits per heavy atom. The first-order chi connectivity index (χ1) is 7.25. The maximum absolute atomic E-state index is 3.38. The molecule has 1 saturated heterocycles. The van der Waals surface area contributed by atoms with Crippen LogP contribution in [0, 0.1) is 13.8 Å². The van der Waals surface area contributed by atoms with Crippen LogP contribution in [0.25, 0.3) is 0 Å². The number of benzene rings is 1. The summed E-state index contributed by atoms with van der Waals surface area (Å²) in [7, 11) is 0. The average Bonchev–Trinajstić information content (AvgIpc) is 2.24. The van der Waals surface area contributed by atoms with Crippen LogP contribution in [0.15, 0.2) is 18.2 Å². The quantitative estimate of drug-likeness (QED) is 0.789. The molecule has 0 saturated carbocycles. The normalized spacial score (nSPS) is 18.0. The number of nitrogens with zero attached hydrogens (tertiary/aromatic N) is 1. The zero-order valence-electron chi connectivity index (χ0n) is 9.71. The van der Waals surface area contributed by atoms with Crippen molar-refractivity contribution in [3.05, 3.63) is 34.9 Å². The topological polar surface area (TPSA) is 15.3 Å². The van der Waals surface area contributed by atoms with Crippen molar-refractivity contribution in [3.63, 3.8) is 0 Å². The molecule has 1 aromatic carbocycles. The summed E-state index contributed by atoms with van der Waals surface area (Å²) >= 11 is 0. The van der Waals surface area contributed by atoms with Gasteiger partial charge in [0.25, 0.3) is 0 Å². The van der Waals surface area contributed by atoms with Gasteiger partial charge < -0.3 is 5.32 Å². The van der Waals surface area contributed by atoms with Gasteiger partial charge in [0.1, 0.15) is 0 Å². The molecule has 82 valence electrons. The molecule has 1 aliphatic rings. The van der Waals surface area contributed by atoms with E-state index in [1.54, 1.807) is 0 Å². The summed E-state index contributed by atoms with van der Waals surface area (Å²) in [6.07, 6.45) is 0. The average molecular weight is 204 g/mol. The van der Waals surface area contributed by atoms with E-state index in [2.05, 4.69) is 42.3 Å². The molecule has 1 aromatic rings. The van der Waals surface area contributed by atoms with Crippen molar-refractivity contribution in [1.82, 2.24) is 10.2 Å². The molecule has 2 nitrogen and oxygen atoms in total. The molecule has 0 spiro atoms. The lowest BCUT2D eigenvalue weighted by atomic mass is 10.1. The molecule has 1 N–H and O–H groups in total. The Hall–Kier alpha value is -0.860. The highest BCUT2D eigenvalue weighted by atomic mass is 15.2. The minimum Gasteiger partial charge on any atom is -0.314 e. The maximum atomic E-state index is 3.38. The van der Waals surface area contributed by atoms with E-state index in [0.29, 0.717) is 0 Å². The van der Waals surface area contributed by atoms with E-state index in [4.69, 9.17) is 0 Å². The molecule has 1 heterocycles. The van der Waals surface area contributed by atoms with Gasteiger partial charge in [-0.15, -0.1) is 0 Å². The summed E-state index contributed by atoms with van der Waals surface area (Å²) in [5.74, 6) is 0. The number of hydrogen-bond donors (Lipinski definition) is 1. The third-order valence-corrected chi connectivity index (χ3v) is 3.10. The molecule has 15 heavy (non-hydrogen) atoms. The van der Waals surface area contributed by atoms with Crippen molar-refractivity contribution in [2.75, 3.05) is 26.2 Å². The predicted octanol–water partition coefficient (Wildman–Crippen LogP) is 1.71. The van der Waals surface area contributed by atoms with Crippen LogP contribution in [0.1, 0.15) is 16.7 Å². The first-order valence-corrected chi connectivity index (χ1v) is 5.75. The van der Waals surface area contributed by atoms with Crippen LogP contribution in [0.4, 0.5) is 0 Å². The summed E-state index contributed by atoms with van der Waals surface area (Å²) in [5.41, 5.74) is 4.26. The van der Waals surface area contributed by atoms with Crippen LogP contribution in [0.2, 0.25) is 0 Å². The van der Waals surface area contributed by atoms with Gasteiger partial charge in [-0.25, -0.2) is 0 Å². The molecule has 1 aliphatic heterocycles. The van der Waals surface area contributed by atoms with Gasteiger partial charge in [-0.3, -0.25) is 4.90 Å². The third kappa shape index (κ3) is 2.80. The summed E-state index contributed by atoms with van der Waals surface area (Å²) in [5, 5.41) is 3.38.